The summed E-state index contributed by atoms with van der Waals surface area (Å²) in [6, 6.07) is 5.11. The molecule has 6 heteroatoms. The summed E-state index contributed by atoms with van der Waals surface area (Å²) in [6.45, 7) is 2.15. The quantitative estimate of drug-likeness (QED) is 0.706. The molecule has 0 saturated heterocycles. The van der Waals surface area contributed by atoms with E-state index in [0.29, 0.717) is 23.3 Å². The normalized spacial score (nSPS) is 22.8. The second kappa shape index (κ2) is 4.78. The predicted octanol–water partition coefficient (Wildman–Crippen LogP) is 1.52. The second-order valence-corrected chi connectivity index (χ2v) is 6.37. The van der Waals surface area contributed by atoms with Crippen molar-refractivity contribution in [1.29, 1.82) is 0 Å². The number of hydrogen-bond donors (Lipinski definition) is 3. The van der Waals surface area contributed by atoms with E-state index in [-0.39, 0.29) is 4.90 Å². The lowest BCUT2D eigenvalue weighted by Crippen LogP contribution is -2.16. The van der Waals surface area contributed by atoms with Crippen molar-refractivity contribution in [2.45, 2.75) is 37.1 Å². The zero-order valence-corrected chi connectivity index (χ0v) is 11.2. The van der Waals surface area contributed by atoms with Crippen molar-refractivity contribution in [3.05, 3.63) is 18.2 Å². The predicted molar refractivity (Wildman–Crippen MR) is 72.7 cm³/mol. The van der Waals surface area contributed by atoms with Crippen molar-refractivity contribution in [2.75, 3.05) is 11.1 Å². The molecule has 5 nitrogen and oxygen atoms in total. The van der Waals surface area contributed by atoms with Crippen LogP contribution in [0.1, 0.15) is 26.2 Å². The number of primary sulfonamides is 1. The summed E-state index contributed by atoms with van der Waals surface area (Å²) < 4.78 is 23.0. The molecule has 1 aromatic carbocycles. The number of nitrogens with one attached hydrogen (secondary N) is 1. The van der Waals surface area contributed by atoms with Crippen LogP contribution in [-0.2, 0) is 10.0 Å². The average Bonchev–Trinajstić information content (AvgIpc) is 2.98. The maximum Gasteiger partial charge on any atom is 0.240 e. The van der Waals surface area contributed by atoms with E-state index in [4.69, 9.17) is 10.9 Å². The van der Waals surface area contributed by atoms with Gasteiger partial charge in [0.2, 0.25) is 10.0 Å². The van der Waals surface area contributed by atoms with Gasteiger partial charge in [0.25, 0.3) is 0 Å². The van der Waals surface area contributed by atoms with Gasteiger partial charge in [-0.2, -0.15) is 0 Å². The highest BCUT2D eigenvalue weighted by Crippen LogP contribution is 2.38. The van der Waals surface area contributed by atoms with Crippen LogP contribution < -0.4 is 16.2 Å². The first-order valence-electron chi connectivity index (χ1n) is 6.10. The Kier molecular flexibility index (Phi) is 3.49. The highest BCUT2D eigenvalue weighted by molar-refractivity contribution is 7.89. The standard InChI is InChI=1S/C12H19N3O2S/c1-2-3-8-6-11(8)15-10-5-4-9(13)7-12(10)18(14,16)17/h4-5,7-8,11,15H,2-3,6,13H2,1H3,(H2,14,16,17). The smallest absolute Gasteiger partial charge is 0.240 e. The molecule has 0 radical (unpaired) electrons. The lowest BCUT2D eigenvalue weighted by Gasteiger charge is -2.11. The maximum atomic E-state index is 11.5. The third kappa shape index (κ3) is 2.94. The van der Waals surface area contributed by atoms with Crippen LogP contribution in [0.25, 0.3) is 0 Å². The van der Waals surface area contributed by atoms with Crippen molar-refractivity contribution in [3.63, 3.8) is 0 Å². The number of benzene rings is 1. The minimum atomic E-state index is -3.75. The molecule has 0 bridgehead atoms. The monoisotopic (exact) mass is 269 g/mol. The average molecular weight is 269 g/mol. The molecule has 100 valence electrons. The van der Waals surface area contributed by atoms with E-state index in [2.05, 4.69) is 12.2 Å². The fraction of sp³-hybridized carbons (Fsp3) is 0.500. The number of nitrogen functional groups attached to an aromatic ring is 1. The molecule has 0 aliphatic heterocycles. The molecule has 1 fully saturated rings. The zero-order valence-electron chi connectivity index (χ0n) is 10.4. The Balaban J connectivity index is 2.19. The molecule has 18 heavy (non-hydrogen) atoms. The first kappa shape index (κ1) is 13.2. The second-order valence-electron chi connectivity index (χ2n) is 4.84. The van der Waals surface area contributed by atoms with Gasteiger partial charge in [0.05, 0.1) is 5.69 Å². The Morgan fingerprint density at radius 2 is 2.17 bits per heavy atom. The van der Waals surface area contributed by atoms with Gasteiger partial charge in [0.15, 0.2) is 0 Å². The van der Waals surface area contributed by atoms with Crippen molar-refractivity contribution in [2.24, 2.45) is 11.1 Å². The van der Waals surface area contributed by atoms with Gasteiger partial charge in [-0.1, -0.05) is 13.3 Å². The molecule has 1 aliphatic carbocycles. The first-order valence-corrected chi connectivity index (χ1v) is 7.65. The molecule has 0 heterocycles. The Bertz CT molecular complexity index is 542. The molecule has 5 N–H and O–H groups in total. The molecule has 0 aromatic heterocycles. The number of sulfonamides is 1. The van der Waals surface area contributed by atoms with Crippen molar-refractivity contribution < 1.29 is 8.42 Å². The summed E-state index contributed by atoms with van der Waals surface area (Å²) in [5.74, 6) is 0.640. The van der Waals surface area contributed by atoms with Gasteiger partial charge in [-0.3, -0.25) is 0 Å². The van der Waals surface area contributed by atoms with Gasteiger partial charge in [0, 0.05) is 11.7 Å². The summed E-state index contributed by atoms with van der Waals surface area (Å²) in [6.07, 6.45) is 3.40. The van der Waals surface area contributed by atoms with E-state index >= 15 is 0 Å². The van der Waals surface area contributed by atoms with Gasteiger partial charge in [-0.15, -0.1) is 0 Å². The molecular formula is C12H19N3O2S. The largest absolute Gasteiger partial charge is 0.399 e. The molecule has 1 aromatic rings. The van der Waals surface area contributed by atoms with Crippen molar-refractivity contribution in [1.82, 2.24) is 0 Å². The van der Waals surface area contributed by atoms with Crippen LogP contribution in [0.4, 0.5) is 11.4 Å². The third-order valence-electron chi connectivity index (χ3n) is 3.24. The van der Waals surface area contributed by atoms with Gasteiger partial charge >= 0.3 is 0 Å². The van der Waals surface area contributed by atoms with Gasteiger partial charge < -0.3 is 11.1 Å². The lowest BCUT2D eigenvalue weighted by molar-refractivity contribution is 0.598. The van der Waals surface area contributed by atoms with Crippen LogP contribution in [0.2, 0.25) is 0 Å². The van der Waals surface area contributed by atoms with Crippen LogP contribution in [0.15, 0.2) is 23.1 Å². The van der Waals surface area contributed by atoms with E-state index in [1.54, 1.807) is 12.1 Å². The molecule has 2 rings (SSSR count). The van der Waals surface area contributed by atoms with Gasteiger partial charge in [-0.05, 0) is 37.0 Å². The summed E-state index contributed by atoms with van der Waals surface area (Å²) in [5.41, 5.74) is 6.54. The van der Waals surface area contributed by atoms with Crippen LogP contribution in [-0.4, -0.2) is 14.5 Å². The number of nitrogens with two attached hydrogens (primary N) is 2. The van der Waals surface area contributed by atoms with Crippen LogP contribution in [0.5, 0.6) is 0 Å². The molecule has 0 spiro atoms. The molecular weight excluding hydrogens is 250 g/mol. The molecule has 1 saturated carbocycles. The summed E-state index contributed by atoms with van der Waals surface area (Å²) >= 11 is 0. The molecule has 2 atom stereocenters. The third-order valence-corrected chi connectivity index (χ3v) is 4.19. The van der Waals surface area contributed by atoms with Gasteiger partial charge in [0.1, 0.15) is 4.90 Å². The summed E-state index contributed by atoms with van der Waals surface area (Å²) in [7, 11) is -3.75. The number of hydrogen-bond acceptors (Lipinski definition) is 4. The zero-order chi connectivity index (χ0) is 13.3. The minimum Gasteiger partial charge on any atom is -0.399 e. The summed E-state index contributed by atoms with van der Waals surface area (Å²) in [5, 5.41) is 8.43. The molecule has 0 amide bonds. The van der Waals surface area contributed by atoms with E-state index in [9.17, 15) is 8.42 Å². The fourth-order valence-corrected chi connectivity index (χ4v) is 2.94. The highest BCUT2D eigenvalue weighted by Gasteiger charge is 2.36. The van der Waals surface area contributed by atoms with Crippen LogP contribution in [0, 0.1) is 5.92 Å². The number of anilines is 2. The SMILES string of the molecule is CCCC1CC1Nc1ccc(N)cc1S(N)(=O)=O. The Labute approximate surface area is 108 Å². The Morgan fingerprint density at radius 3 is 2.78 bits per heavy atom. The Hall–Kier alpha value is -1.27. The topological polar surface area (TPSA) is 98.2 Å². The fourth-order valence-electron chi connectivity index (χ4n) is 2.21. The number of rotatable bonds is 5. The molecule has 2 unspecified atom stereocenters. The van der Waals surface area contributed by atoms with Gasteiger partial charge in [-0.25, -0.2) is 13.6 Å². The minimum absolute atomic E-state index is 0.0737. The van der Waals surface area contributed by atoms with E-state index in [1.807, 2.05) is 0 Å². The van der Waals surface area contributed by atoms with Crippen LogP contribution >= 0.6 is 0 Å². The highest BCUT2D eigenvalue weighted by atomic mass is 32.2. The van der Waals surface area contributed by atoms with E-state index in [0.717, 1.165) is 19.3 Å². The molecule has 1 aliphatic rings. The van der Waals surface area contributed by atoms with Crippen molar-refractivity contribution >= 4 is 21.4 Å². The van der Waals surface area contributed by atoms with E-state index < -0.39 is 10.0 Å². The van der Waals surface area contributed by atoms with Crippen LogP contribution in [0.3, 0.4) is 0 Å². The van der Waals surface area contributed by atoms with Crippen molar-refractivity contribution in [3.8, 4) is 0 Å². The van der Waals surface area contributed by atoms with E-state index in [1.165, 1.54) is 6.07 Å². The summed E-state index contributed by atoms with van der Waals surface area (Å²) in [4.78, 5) is 0.0737. The Morgan fingerprint density at radius 1 is 1.44 bits per heavy atom. The lowest BCUT2D eigenvalue weighted by atomic mass is 10.2. The first-order chi connectivity index (χ1) is 8.41. The maximum absolute atomic E-state index is 11.5.